The van der Waals surface area contributed by atoms with Crippen molar-refractivity contribution in [3.05, 3.63) is 11.6 Å². The quantitative estimate of drug-likeness (QED) is 0.552. The van der Waals surface area contributed by atoms with Gasteiger partial charge in [0.2, 0.25) is 5.91 Å². The zero-order valence-electron chi connectivity index (χ0n) is 9.03. The van der Waals surface area contributed by atoms with E-state index in [1.165, 1.54) is 0 Å². The molecule has 0 unspecified atom stereocenters. The monoisotopic (exact) mass is 211 g/mol. The second-order valence-corrected chi connectivity index (χ2v) is 3.82. The summed E-state index contributed by atoms with van der Waals surface area (Å²) in [6.07, 6.45) is 4.91. The summed E-state index contributed by atoms with van der Waals surface area (Å²) in [7, 11) is 0. The van der Waals surface area contributed by atoms with Crippen molar-refractivity contribution < 1.29 is 14.7 Å². The molecule has 0 saturated carbocycles. The van der Waals surface area contributed by atoms with Gasteiger partial charge in [-0.15, -0.1) is 0 Å². The van der Waals surface area contributed by atoms with Crippen molar-refractivity contribution in [1.82, 2.24) is 4.90 Å². The van der Waals surface area contributed by atoms with Gasteiger partial charge in [-0.1, -0.05) is 6.08 Å². The first-order valence-corrected chi connectivity index (χ1v) is 5.29. The number of carbonyl (C=O) groups excluding carboxylic acids is 1. The molecule has 1 N–H and O–H groups in total. The molecule has 0 atom stereocenters. The van der Waals surface area contributed by atoms with Crippen molar-refractivity contribution in [2.45, 2.75) is 32.6 Å². The molecule has 0 aliphatic carbocycles. The number of hydrogen-bond acceptors (Lipinski definition) is 2. The van der Waals surface area contributed by atoms with Gasteiger partial charge in [0, 0.05) is 25.1 Å². The Labute approximate surface area is 89.6 Å². The zero-order valence-corrected chi connectivity index (χ0v) is 9.03. The van der Waals surface area contributed by atoms with Crippen LogP contribution in [0.3, 0.4) is 0 Å². The van der Waals surface area contributed by atoms with Crippen LogP contribution >= 0.6 is 0 Å². The van der Waals surface area contributed by atoms with Crippen molar-refractivity contribution in [3.8, 4) is 0 Å². The topological polar surface area (TPSA) is 57.6 Å². The lowest BCUT2D eigenvalue weighted by atomic mass is 10.2. The largest absolute Gasteiger partial charge is 0.478 e. The maximum Gasteiger partial charge on any atom is 0.330 e. The molecule has 4 heteroatoms. The van der Waals surface area contributed by atoms with E-state index in [9.17, 15) is 9.59 Å². The predicted octanol–water partition coefficient (Wildman–Crippen LogP) is 1.42. The molecule has 0 aromatic heterocycles. The van der Waals surface area contributed by atoms with E-state index in [1.54, 1.807) is 13.0 Å². The Hall–Kier alpha value is -1.32. The van der Waals surface area contributed by atoms with Gasteiger partial charge in [0.15, 0.2) is 0 Å². The number of allylic oxidation sites excluding steroid dienone is 1. The van der Waals surface area contributed by atoms with E-state index in [-0.39, 0.29) is 5.91 Å². The Morgan fingerprint density at radius 1 is 1.60 bits per heavy atom. The summed E-state index contributed by atoms with van der Waals surface area (Å²) in [5, 5.41) is 8.60. The number of unbranched alkanes of at least 4 members (excludes halogenated alkanes) is 1. The summed E-state index contributed by atoms with van der Waals surface area (Å²) in [5.41, 5.74) is 0.378. The number of hydrogen-bond donors (Lipinski definition) is 1. The van der Waals surface area contributed by atoms with E-state index in [0.717, 1.165) is 32.4 Å². The van der Waals surface area contributed by atoms with Gasteiger partial charge in [-0.3, -0.25) is 4.79 Å². The number of aliphatic carboxylic acids is 1. The van der Waals surface area contributed by atoms with Gasteiger partial charge in [0.1, 0.15) is 0 Å². The SMILES string of the molecule is CC(=CCCCN1CCCC1=O)C(=O)O. The molecule has 0 aromatic carbocycles. The van der Waals surface area contributed by atoms with Crippen LogP contribution in [0.15, 0.2) is 11.6 Å². The molecule has 1 fully saturated rings. The lowest BCUT2D eigenvalue weighted by Crippen LogP contribution is -2.25. The number of carboxylic acids is 1. The molecular weight excluding hydrogens is 194 g/mol. The van der Waals surface area contributed by atoms with E-state index in [4.69, 9.17) is 5.11 Å². The fourth-order valence-corrected chi connectivity index (χ4v) is 1.63. The molecule has 84 valence electrons. The van der Waals surface area contributed by atoms with Gasteiger partial charge < -0.3 is 10.0 Å². The predicted molar refractivity (Wildman–Crippen MR) is 56.4 cm³/mol. The molecule has 0 spiro atoms. The van der Waals surface area contributed by atoms with E-state index < -0.39 is 5.97 Å². The Morgan fingerprint density at radius 3 is 2.87 bits per heavy atom. The summed E-state index contributed by atoms with van der Waals surface area (Å²) in [5.74, 6) is -0.638. The minimum atomic E-state index is -0.868. The number of carboxylic acid groups (broad SMARTS) is 1. The van der Waals surface area contributed by atoms with Crippen LogP contribution in [-0.2, 0) is 9.59 Å². The van der Waals surface area contributed by atoms with Crippen LogP contribution in [0.5, 0.6) is 0 Å². The smallest absolute Gasteiger partial charge is 0.330 e. The second kappa shape index (κ2) is 5.53. The molecule has 1 saturated heterocycles. The van der Waals surface area contributed by atoms with Crippen LogP contribution in [0, 0.1) is 0 Å². The van der Waals surface area contributed by atoms with Gasteiger partial charge in [-0.25, -0.2) is 4.79 Å². The Kier molecular flexibility index (Phi) is 4.34. The third kappa shape index (κ3) is 3.73. The molecule has 1 heterocycles. The fourth-order valence-electron chi connectivity index (χ4n) is 1.63. The maximum absolute atomic E-state index is 11.2. The summed E-state index contributed by atoms with van der Waals surface area (Å²) in [6.45, 7) is 3.20. The van der Waals surface area contributed by atoms with E-state index in [2.05, 4.69) is 0 Å². The van der Waals surface area contributed by atoms with Crippen LogP contribution < -0.4 is 0 Å². The molecule has 15 heavy (non-hydrogen) atoms. The first-order chi connectivity index (χ1) is 7.11. The molecule has 1 aliphatic rings. The number of rotatable bonds is 5. The summed E-state index contributed by atoms with van der Waals surface area (Å²) in [4.78, 5) is 23.5. The number of nitrogens with zero attached hydrogens (tertiary/aromatic N) is 1. The maximum atomic E-state index is 11.2. The van der Waals surface area contributed by atoms with E-state index in [1.807, 2.05) is 4.90 Å². The van der Waals surface area contributed by atoms with Crippen molar-refractivity contribution in [1.29, 1.82) is 0 Å². The normalized spacial score (nSPS) is 17.3. The van der Waals surface area contributed by atoms with Gasteiger partial charge >= 0.3 is 5.97 Å². The number of likely N-dealkylation sites (tertiary alicyclic amines) is 1. The average Bonchev–Trinajstić information content (AvgIpc) is 2.58. The van der Waals surface area contributed by atoms with Crippen molar-refractivity contribution in [2.24, 2.45) is 0 Å². The van der Waals surface area contributed by atoms with Gasteiger partial charge in [0.25, 0.3) is 0 Å². The van der Waals surface area contributed by atoms with Gasteiger partial charge in [-0.05, 0) is 26.2 Å². The molecular formula is C11H17NO3. The minimum absolute atomic E-state index is 0.230. The molecule has 0 aromatic rings. The fraction of sp³-hybridized carbons (Fsp3) is 0.636. The lowest BCUT2D eigenvalue weighted by molar-refractivity contribution is -0.132. The van der Waals surface area contributed by atoms with Crippen LogP contribution in [0.2, 0.25) is 0 Å². The third-order valence-corrected chi connectivity index (χ3v) is 2.59. The minimum Gasteiger partial charge on any atom is -0.478 e. The molecule has 1 amide bonds. The van der Waals surface area contributed by atoms with E-state index >= 15 is 0 Å². The van der Waals surface area contributed by atoms with Gasteiger partial charge in [0.05, 0.1) is 0 Å². The Bertz CT molecular complexity index is 284. The van der Waals surface area contributed by atoms with Crippen LogP contribution in [-0.4, -0.2) is 35.0 Å². The molecule has 1 rings (SSSR count). The summed E-state index contributed by atoms with van der Waals surface area (Å²) >= 11 is 0. The average molecular weight is 211 g/mol. The standard InChI is InChI=1S/C11H17NO3/c1-9(11(14)15)5-2-3-7-12-8-4-6-10(12)13/h5H,2-4,6-8H2,1H3,(H,14,15). The van der Waals surface area contributed by atoms with Crippen molar-refractivity contribution in [2.75, 3.05) is 13.1 Å². The van der Waals surface area contributed by atoms with Crippen LogP contribution in [0.4, 0.5) is 0 Å². The van der Waals surface area contributed by atoms with E-state index in [0.29, 0.717) is 12.0 Å². The Balaban J connectivity index is 2.19. The lowest BCUT2D eigenvalue weighted by Gasteiger charge is -2.14. The highest BCUT2D eigenvalue weighted by molar-refractivity contribution is 5.85. The highest BCUT2D eigenvalue weighted by Gasteiger charge is 2.18. The van der Waals surface area contributed by atoms with Crippen molar-refractivity contribution >= 4 is 11.9 Å². The van der Waals surface area contributed by atoms with Gasteiger partial charge in [-0.2, -0.15) is 0 Å². The van der Waals surface area contributed by atoms with Crippen LogP contribution in [0.1, 0.15) is 32.6 Å². The summed E-state index contributed by atoms with van der Waals surface area (Å²) in [6, 6.07) is 0. The molecule has 4 nitrogen and oxygen atoms in total. The Morgan fingerprint density at radius 2 is 2.33 bits per heavy atom. The highest BCUT2D eigenvalue weighted by atomic mass is 16.4. The zero-order chi connectivity index (χ0) is 11.3. The first-order valence-electron chi connectivity index (χ1n) is 5.29. The molecule has 0 radical (unpaired) electrons. The third-order valence-electron chi connectivity index (χ3n) is 2.59. The second-order valence-electron chi connectivity index (χ2n) is 3.82. The summed E-state index contributed by atoms with van der Waals surface area (Å²) < 4.78 is 0. The van der Waals surface area contributed by atoms with Crippen LogP contribution in [0.25, 0.3) is 0 Å². The number of carbonyl (C=O) groups is 2. The van der Waals surface area contributed by atoms with Crippen molar-refractivity contribution in [3.63, 3.8) is 0 Å². The molecule has 0 bridgehead atoms. The highest BCUT2D eigenvalue weighted by Crippen LogP contribution is 2.10. The molecule has 1 aliphatic heterocycles. The number of amides is 1. The first kappa shape index (κ1) is 11.8.